The third kappa shape index (κ3) is 5.46. The topological polar surface area (TPSA) is 90.5 Å². The maximum Gasteiger partial charge on any atom is 0.337 e. The third-order valence-electron chi connectivity index (χ3n) is 2.53. The number of carboxylic acid groups (broad SMARTS) is 1. The van der Waals surface area contributed by atoms with Crippen molar-refractivity contribution >= 4 is 29.3 Å². The number of amides is 2. The van der Waals surface area contributed by atoms with Crippen molar-refractivity contribution in [2.45, 2.75) is 13.3 Å². The van der Waals surface area contributed by atoms with Gasteiger partial charge in [-0.15, -0.1) is 0 Å². The van der Waals surface area contributed by atoms with E-state index in [0.717, 1.165) is 19.5 Å². The Bertz CT molecular complexity index is 480. The predicted molar refractivity (Wildman–Crippen MR) is 78.6 cm³/mol. The van der Waals surface area contributed by atoms with Gasteiger partial charge in [-0.3, -0.25) is 0 Å². The number of hydrogen-bond donors (Lipinski definition) is 4. The van der Waals surface area contributed by atoms with Crippen molar-refractivity contribution < 1.29 is 14.7 Å². The summed E-state index contributed by atoms with van der Waals surface area (Å²) in [7, 11) is 0. The van der Waals surface area contributed by atoms with Crippen LogP contribution in [0.5, 0.6) is 0 Å². The zero-order valence-corrected chi connectivity index (χ0v) is 12.0. The molecule has 2 amide bonds. The highest BCUT2D eigenvalue weighted by Crippen LogP contribution is 2.21. The molecule has 0 aliphatic rings. The summed E-state index contributed by atoms with van der Waals surface area (Å²) in [6.45, 7) is 4.21. The lowest BCUT2D eigenvalue weighted by Crippen LogP contribution is -2.31. The highest BCUT2D eigenvalue weighted by molar-refractivity contribution is 6.31. The fraction of sp³-hybridized carbons (Fsp3) is 0.385. The van der Waals surface area contributed by atoms with Gasteiger partial charge in [0.05, 0.1) is 11.3 Å². The maximum absolute atomic E-state index is 11.7. The number of nitrogens with one attached hydrogen (secondary N) is 3. The summed E-state index contributed by atoms with van der Waals surface area (Å²) in [4.78, 5) is 22.7. The van der Waals surface area contributed by atoms with Crippen molar-refractivity contribution in [3.63, 3.8) is 0 Å². The lowest BCUT2D eigenvalue weighted by Gasteiger charge is -2.10. The monoisotopic (exact) mass is 299 g/mol. The van der Waals surface area contributed by atoms with Crippen LogP contribution in [-0.4, -0.2) is 36.7 Å². The molecule has 1 rings (SSSR count). The molecule has 110 valence electrons. The predicted octanol–water partition coefficient (Wildman–Crippen LogP) is 2.16. The van der Waals surface area contributed by atoms with Gasteiger partial charge in [0.2, 0.25) is 0 Å². The molecule has 0 aliphatic heterocycles. The molecule has 0 aromatic heterocycles. The Morgan fingerprint density at radius 2 is 2.05 bits per heavy atom. The van der Waals surface area contributed by atoms with E-state index in [1.807, 2.05) is 6.92 Å². The summed E-state index contributed by atoms with van der Waals surface area (Å²) < 4.78 is 0. The molecule has 0 bridgehead atoms. The molecule has 7 heteroatoms. The van der Waals surface area contributed by atoms with Crippen LogP contribution in [0, 0.1) is 0 Å². The first-order valence-corrected chi connectivity index (χ1v) is 6.70. The maximum atomic E-state index is 11.7. The van der Waals surface area contributed by atoms with Crippen LogP contribution in [0.4, 0.5) is 10.5 Å². The van der Waals surface area contributed by atoms with Crippen LogP contribution in [0.1, 0.15) is 23.7 Å². The van der Waals surface area contributed by atoms with Crippen molar-refractivity contribution in [1.82, 2.24) is 10.6 Å². The van der Waals surface area contributed by atoms with Gasteiger partial charge in [-0.05, 0) is 37.7 Å². The normalized spacial score (nSPS) is 10.1. The van der Waals surface area contributed by atoms with Crippen LogP contribution in [-0.2, 0) is 0 Å². The SMILES string of the molecule is CCNCCCNC(=O)Nc1cc(Cl)ccc1C(=O)O. The van der Waals surface area contributed by atoms with Crippen LogP contribution in [0.2, 0.25) is 5.02 Å². The standard InChI is InChI=1S/C13H18ClN3O3/c1-2-15-6-3-7-16-13(20)17-11-8-9(14)4-5-10(11)12(18)19/h4-5,8,15H,2-3,6-7H2,1H3,(H,18,19)(H2,16,17,20). The lowest BCUT2D eigenvalue weighted by molar-refractivity contribution is 0.0698. The lowest BCUT2D eigenvalue weighted by atomic mass is 10.2. The summed E-state index contributed by atoms with van der Waals surface area (Å²) in [5, 5.41) is 17.7. The van der Waals surface area contributed by atoms with Crippen molar-refractivity contribution in [3.05, 3.63) is 28.8 Å². The number of urea groups is 1. The van der Waals surface area contributed by atoms with E-state index >= 15 is 0 Å². The van der Waals surface area contributed by atoms with Crippen LogP contribution in [0.3, 0.4) is 0 Å². The second kappa shape index (κ2) is 8.39. The molecule has 0 fully saturated rings. The Morgan fingerprint density at radius 1 is 1.30 bits per heavy atom. The van der Waals surface area contributed by atoms with E-state index in [1.54, 1.807) is 0 Å². The second-order valence-electron chi connectivity index (χ2n) is 4.08. The van der Waals surface area contributed by atoms with Gasteiger partial charge in [0.25, 0.3) is 0 Å². The van der Waals surface area contributed by atoms with E-state index in [-0.39, 0.29) is 11.3 Å². The summed E-state index contributed by atoms with van der Waals surface area (Å²) in [5.74, 6) is -1.12. The largest absolute Gasteiger partial charge is 0.478 e. The fourth-order valence-corrected chi connectivity index (χ4v) is 1.74. The Kier molecular flexibility index (Phi) is 6.83. The smallest absolute Gasteiger partial charge is 0.337 e. The van der Waals surface area contributed by atoms with Gasteiger partial charge in [-0.2, -0.15) is 0 Å². The Balaban J connectivity index is 2.53. The number of carbonyl (C=O) groups is 2. The van der Waals surface area contributed by atoms with E-state index < -0.39 is 12.0 Å². The molecular formula is C13H18ClN3O3. The number of carboxylic acids is 1. The molecule has 20 heavy (non-hydrogen) atoms. The van der Waals surface area contributed by atoms with Crippen molar-refractivity contribution in [1.29, 1.82) is 0 Å². The van der Waals surface area contributed by atoms with Gasteiger partial charge >= 0.3 is 12.0 Å². The van der Waals surface area contributed by atoms with Crippen molar-refractivity contribution in [3.8, 4) is 0 Å². The Morgan fingerprint density at radius 3 is 2.70 bits per heavy atom. The number of halogens is 1. The minimum absolute atomic E-state index is 0.00259. The zero-order valence-electron chi connectivity index (χ0n) is 11.2. The molecule has 0 unspecified atom stereocenters. The summed E-state index contributed by atoms with van der Waals surface area (Å²) in [5.41, 5.74) is 0.173. The van der Waals surface area contributed by atoms with Crippen LogP contribution < -0.4 is 16.0 Å². The number of aromatic carboxylic acids is 1. The fourth-order valence-electron chi connectivity index (χ4n) is 1.56. The second-order valence-corrected chi connectivity index (χ2v) is 4.52. The quantitative estimate of drug-likeness (QED) is 0.581. The minimum Gasteiger partial charge on any atom is -0.478 e. The molecule has 4 N–H and O–H groups in total. The van der Waals surface area contributed by atoms with Crippen LogP contribution in [0.25, 0.3) is 0 Å². The van der Waals surface area contributed by atoms with Gasteiger partial charge in [-0.1, -0.05) is 18.5 Å². The molecule has 0 heterocycles. The molecule has 0 saturated carbocycles. The summed E-state index contributed by atoms with van der Waals surface area (Å²) >= 11 is 5.79. The molecule has 0 radical (unpaired) electrons. The number of carbonyl (C=O) groups excluding carboxylic acids is 1. The van der Waals surface area contributed by atoms with Crippen LogP contribution >= 0.6 is 11.6 Å². The highest BCUT2D eigenvalue weighted by atomic mass is 35.5. The first kappa shape index (κ1) is 16.3. The number of hydrogen-bond acceptors (Lipinski definition) is 3. The number of benzene rings is 1. The van der Waals surface area contributed by atoms with E-state index in [1.165, 1.54) is 18.2 Å². The molecule has 0 spiro atoms. The van der Waals surface area contributed by atoms with Crippen molar-refractivity contribution in [2.24, 2.45) is 0 Å². The molecule has 0 atom stereocenters. The summed E-state index contributed by atoms with van der Waals surface area (Å²) in [6, 6.07) is 3.77. The van der Waals surface area contributed by atoms with E-state index in [0.29, 0.717) is 11.6 Å². The first-order chi connectivity index (χ1) is 9.54. The minimum atomic E-state index is -1.12. The zero-order chi connectivity index (χ0) is 15.0. The molecule has 0 saturated heterocycles. The van der Waals surface area contributed by atoms with Gasteiger partial charge in [0, 0.05) is 11.6 Å². The number of anilines is 1. The van der Waals surface area contributed by atoms with E-state index in [2.05, 4.69) is 16.0 Å². The van der Waals surface area contributed by atoms with Gasteiger partial charge in [0.1, 0.15) is 0 Å². The average Bonchev–Trinajstić information content (AvgIpc) is 2.38. The Hall–Kier alpha value is -1.79. The number of rotatable bonds is 7. The molecule has 6 nitrogen and oxygen atoms in total. The van der Waals surface area contributed by atoms with Gasteiger partial charge < -0.3 is 21.1 Å². The Labute approximate surface area is 122 Å². The van der Waals surface area contributed by atoms with Crippen molar-refractivity contribution in [2.75, 3.05) is 25.0 Å². The summed E-state index contributed by atoms with van der Waals surface area (Å²) in [6.07, 6.45) is 0.794. The van der Waals surface area contributed by atoms with Crippen LogP contribution in [0.15, 0.2) is 18.2 Å². The highest BCUT2D eigenvalue weighted by Gasteiger charge is 2.12. The molecule has 1 aromatic rings. The molecule has 0 aliphatic carbocycles. The first-order valence-electron chi connectivity index (χ1n) is 6.33. The average molecular weight is 300 g/mol. The van der Waals surface area contributed by atoms with Gasteiger partial charge in [-0.25, -0.2) is 9.59 Å². The van der Waals surface area contributed by atoms with E-state index in [4.69, 9.17) is 16.7 Å². The molecule has 1 aromatic carbocycles. The third-order valence-corrected chi connectivity index (χ3v) is 2.76. The molecular weight excluding hydrogens is 282 g/mol. The van der Waals surface area contributed by atoms with Gasteiger partial charge in [0.15, 0.2) is 0 Å². The van der Waals surface area contributed by atoms with E-state index in [9.17, 15) is 9.59 Å².